The van der Waals surface area contributed by atoms with Crippen LogP contribution in [0.2, 0.25) is 0 Å². The first-order valence-electron chi connectivity index (χ1n) is 4.75. The van der Waals surface area contributed by atoms with E-state index >= 15 is 0 Å². The van der Waals surface area contributed by atoms with Gasteiger partial charge in [-0.15, -0.1) is 0 Å². The van der Waals surface area contributed by atoms with E-state index in [0.29, 0.717) is 5.56 Å². The summed E-state index contributed by atoms with van der Waals surface area (Å²) in [4.78, 5) is 11.3. The molecule has 0 aliphatic carbocycles. The summed E-state index contributed by atoms with van der Waals surface area (Å²) in [7, 11) is 1.36. The molecule has 0 bridgehead atoms. The summed E-state index contributed by atoms with van der Waals surface area (Å²) in [6, 6.07) is 5.33. The fourth-order valence-electron chi connectivity index (χ4n) is 1.27. The largest absolute Gasteiger partial charge is 0.465 e. The highest BCUT2D eigenvalue weighted by molar-refractivity contribution is 5.90. The number of anilines is 1. The molecular weight excluding hydrogens is 192 g/mol. The Kier molecular flexibility index (Phi) is 3.68. The van der Waals surface area contributed by atoms with Gasteiger partial charge in [0.2, 0.25) is 0 Å². The number of aryl methyl sites for hydroxylation is 1. The summed E-state index contributed by atoms with van der Waals surface area (Å²) in [6.45, 7) is 3.79. The predicted molar refractivity (Wildman–Crippen MR) is 59.8 cm³/mol. The Hall–Kier alpha value is -1.55. The van der Waals surface area contributed by atoms with Gasteiger partial charge in [0.1, 0.15) is 0 Å². The zero-order chi connectivity index (χ0) is 11.4. The number of carbonyl (C=O) groups excluding carboxylic acids is 1. The average Bonchev–Trinajstić information content (AvgIpc) is 2.19. The minimum Gasteiger partial charge on any atom is -0.465 e. The third-order valence-corrected chi connectivity index (χ3v) is 2.04. The third kappa shape index (κ3) is 2.95. The van der Waals surface area contributed by atoms with Crippen LogP contribution in [0.15, 0.2) is 18.2 Å². The average molecular weight is 208 g/mol. The van der Waals surface area contributed by atoms with Crippen LogP contribution in [0.5, 0.6) is 0 Å². The minimum atomic E-state index is -0.345. The maximum atomic E-state index is 11.3. The van der Waals surface area contributed by atoms with Gasteiger partial charge < -0.3 is 15.8 Å². The summed E-state index contributed by atoms with van der Waals surface area (Å²) in [5.74, 6) is -0.345. The van der Waals surface area contributed by atoms with Gasteiger partial charge in [-0.1, -0.05) is 6.07 Å². The smallest absolute Gasteiger partial charge is 0.337 e. The van der Waals surface area contributed by atoms with Crippen LogP contribution >= 0.6 is 0 Å². The van der Waals surface area contributed by atoms with E-state index in [2.05, 4.69) is 10.1 Å². The molecular formula is C11H16N2O2. The van der Waals surface area contributed by atoms with Crippen molar-refractivity contribution in [1.29, 1.82) is 0 Å². The quantitative estimate of drug-likeness (QED) is 0.583. The molecule has 0 saturated heterocycles. The Morgan fingerprint density at radius 2 is 2.20 bits per heavy atom. The Morgan fingerprint density at radius 1 is 1.53 bits per heavy atom. The molecule has 1 aromatic carbocycles. The van der Waals surface area contributed by atoms with Crippen molar-refractivity contribution in [2.45, 2.75) is 20.0 Å². The van der Waals surface area contributed by atoms with E-state index in [1.165, 1.54) is 7.11 Å². The van der Waals surface area contributed by atoms with Crippen LogP contribution in [0, 0.1) is 6.92 Å². The summed E-state index contributed by atoms with van der Waals surface area (Å²) >= 11 is 0. The predicted octanol–water partition coefficient (Wildman–Crippen LogP) is 1.50. The highest BCUT2D eigenvalue weighted by Gasteiger charge is 2.08. The number of methoxy groups -OCH3 is 1. The van der Waals surface area contributed by atoms with Gasteiger partial charge in [-0.3, -0.25) is 0 Å². The first-order valence-corrected chi connectivity index (χ1v) is 4.75. The second kappa shape index (κ2) is 4.79. The Bertz CT molecular complexity index is 362. The standard InChI is InChI=1S/C11H16N2O2/c1-7-4-5-9(11(14)15-3)6-10(7)13-8(2)12/h4-6,8,13H,12H2,1-3H3. The molecule has 0 aliphatic rings. The van der Waals surface area contributed by atoms with Crippen molar-refractivity contribution in [3.8, 4) is 0 Å². The molecule has 4 nitrogen and oxygen atoms in total. The Balaban J connectivity index is 2.99. The van der Waals surface area contributed by atoms with Crippen LogP contribution in [0.25, 0.3) is 0 Å². The Labute approximate surface area is 89.4 Å². The lowest BCUT2D eigenvalue weighted by Gasteiger charge is -2.13. The van der Waals surface area contributed by atoms with Gasteiger partial charge in [0.05, 0.1) is 18.8 Å². The van der Waals surface area contributed by atoms with Crippen molar-refractivity contribution in [3.05, 3.63) is 29.3 Å². The molecule has 82 valence electrons. The van der Waals surface area contributed by atoms with Gasteiger partial charge in [-0.25, -0.2) is 4.79 Å². The molecule has 0 spiro atoms. The summed E-state index contributed by atoms with van der Waals surface area (Å²) in [5.41, 5.74) is 8.04. The number of nitrogens with one attached hydrogen (secondary N) is 1. The fraction of sp³-hybridized carbons (Fsp3) is 0.364. The number of rotatable bonds is 3. The molecule has 1 atom stereocenters. The third-order valence-electron chi connectivity index (χ3n) is 2.04. The van der Waals surface area contributed by atoms with Gasteiger partial charge >= 0.3 is 5.97 Å². The highest BCUT2D eigenvalue weighted by Crippen LogP contribution is 2.17. The minimum absolute atomic E-state index is 0.156. The van der Waals surface area contributed by atoms with Gasteiger partial charge in [0, 0.05) is 5.69 Å². The number of esters is 1. The summed E-state index contributed by atoms with van der Waals surface area (Å²) in [5, 5.41) is 3.06. The van der Waals surface area contributed by atoms with Crippen LogP contribution in [0.3, 0.4) is 0 Å². The maximum absolute atomic E-state index is 11.3. The molecule has 3 N–H and O–H groups in total. The molecule has 1 unspecified atom stereocenters. The van der Waals surface area contributed by atoms with E-state index in [1.54, 1.807) is 12.1 Å². The number of carbonyl (C=O) groups is 1. The van der Waals surface area contributed by atoms with Gasteiger partial charge in [0.15, 0.2) is 0 Å². The van der Waals surface area contributed by atoms with Crippen LogP contribution in [0.1, 0.15) is 22.8 Å². The highest BCUT2D eigenvalue weighted by atomic mass is 16.5. The number of nitrogens with two attached hydrogens (primary N) is 1. The van der Waals surface area contributed by atoms with E-state index in [-0.39, 0.29) is 12.1 Å². The summed E-state index contributed by atoms with van der Waals surface area (Å²) < 4.78 is 4.64. The van der Waals surface area contributed by atoms with Crippen LogP contribution in [-0.4, -0.2) is 19.2 Å². The molecule has 0 heterocycles. The maximum Gasteiger partial charge on any atom is 0.337 e. The van der Waals surface area contributed by atoms with E-state index < -0.39 is 0 Å². The van der Waals surface area contributed by atoms with E-state index in [4.69, 9.17) is 5.73 Å². The molecule has 0 aromatic heterocycles. The second-order valence-corrected chi connectivity index (χ2v) is 3.45. The SMILES string of the molecule is COC(=O)c1ccc(C)c(NC(C)N)c1. The van der Waals surface area contributed by atoms with Crippen LogP contribution in [-0.2, 0) is 4.74 Å². The topological polar surface area (TPSA) is 64.3 Å². The second-order valence-electron chi connectivity index (χ2n) is 3.45. The number of benzene rings is 1. The molecule has 0 saturated carbocycles. The molecule has 0 aliphatic heterocycles. The molecule has 0 amide bonds. The monoisotopic (exact) mass is 208 g/mol. The zero-order valence-corrected chi connectivity index (χ0v) is 9.20. The molecule has 0 fully saturated rings. The van der Waals surface area contributed by atoms with Crippen LogP contribution in [0.4, 0.5) is 5.69 Å². The zero-order valence-electron chi connectivity index (χ0n) is 9.20. The van der Waals surface area contributed by atoms with E-state index in [0.717, 1.165) is 11.3 Å². The molecule has 15 heavy (non-hydrogen) atoms. The fourth-order valence-corrected chi connectivity index (χ4v) is 1.27. The number of hydrogen-bond acceptors (Lipinski definition) is 4. The first kappa shape index (κ1) is 11.5. The lowest BCUT2D eigenvalue weighted by atomic mass is 10.1. The van der Waals surface area contributed by atoms with Crippen molar-refractivity contribution in [1.82, 2.24) is 0 Å². The molecule has 0 radical (unpaired) electrons. The van der Waals surface area contributed by atoms with Crippen molar-refractivity contribution in [2.24, 2.45) is 5.73 Å². The van der Waals surface area contributed by atoms with Gasteiger partial charge in [0.25, 0.3) is 0 Å². The van der Waals surface area contributed by atoms with Crippen molar-refractivity contribution in [3.63, 3.8) is 0 Å². The van der Waals surface area contributed by atoms with Gasteiger partial charge in [-0.2, -0.15) is 0 Å². The molecule has 4 heteroatoms. The number of ether oxygens (including phenoxy) is 1. The first-order chi connectivity index (χ1) is 7.04. The normalized spacial score (nSPS) is 12.0. The van der Waals surface area contributed by atoms with Crippen molar-refractivity contribution in [2.75, 3.05) is 12.4 Å². The lowest BCUT2D eigenvalue weighted by molar-refractivity contribution is 0.0601. The van der Waals surface area contributed by atoms with E-state index in [1.807, 2.05) is 19.9 Å². The molecule has 1 aromatic rings. The summed E-state index contributed by atoms with van der Waals surface area (Å²) in [6.07, 6.45) is -0.156. The van der Waals surface area contributed by atoms with Crippen molar-refractivity contribution >= 4 is 11.7 Å². The molecule has 1 rings (SSSR count). The van der Waals surface area contributed by atoms with Crippen LogP contribution < -0.4 is 11.1 Å². The van der Waals surface area contributed by atoms with Crippen molar-refractivity contribution < 1.29 is 9.53 Å². The number of hydrogen-bond donors (Lipinski definition) is 2. The van der Waals surface area contributed by atoms with E-state index in [9.17, 15) is 4.79 Å². The lowest BCUT2D eigenvalue weighted by Crippen LogP contribution is -2.25. The Morgan fingerprint density at radius 3 is 2.73 bits per heavy atom. The van der Waals surface area contributed by atoms with Gasteiger partial charge in [-0.05, 0) is 31.5 Å².